The van der Waals surface area contributed by atoms with Crippen LogP contribution >= 0.6 is 15.9 Å². The number of hydrogen-bond donors (Lipinski definition) is 0. The summed E-state index contributed by atoms with van der Waals surface area (Å²) >= 11 is 3.33. The van der Waals surface area contributed by atoms with Gasteiger partial charge in [-0.15, -0.1) is 0 Å². The molecule has 0 radical (unpaired) electrons. The van der Waals surface area contributed by atoms with Gasteiger partial charge in [0.05, 0.1) is 17.2 Å². The van der Waals surface area contributed by atoms with Crippen molar-refractivity contribution in [2.24, 2.45) is 0 Å². The van der Waals surface area contributed by atoms with Crippen LogP contribution in [0.1, 0.15) is 32.1 Å². The number of hydrogen-bond acceptors (Lipinski definition) is 5. The van der Waals surface area contributed by atoms with Gasteiger partial charge in [0, 0.05) is 24.1 Å². The zero-order valence-corrected chi connectivity index (χ0v) is 22.3. The summed E-state index contributed by atoms with van der Waals surface area (Å²) in [6.07, 6.45) is 5.95. The fourth-order valence-corrected chi connectivity index (χ4v) is 5.53. The van der Waals surface area contributed by atoms with Crippen molar-refractivity contribution in [1.82, 2.24) is 9.80 Å². The van der Waals surface area contributed by atoms with Crippen molar-refractivity contribution in [1.29, 1.82) is 0 Å². The third-order valence-electron chi connectivity index (χ3n) is 6.29. The first-order valence-corrected chi connectivity index (χ1v) is 13.9. The lowest BCUT2D eigenvalue weighted by atomic mass is 10.2. The summed E-state index contributed by atoms with van der Waals surface area (Å²) in [5, 5.41) is 0. The Labute approximate surface area is 207 Å². The molecule has 1 atom stereocenters. The van der Waals surface area contributed by atoms with Crippen LogP contribution in [0.4, 0.5) is 5.69 Å². The van der Waals surface area contributed by atoms with Crippen molar-refractivity contribution in [2.45, 2.75) is 43.0 Å². The molecule has 182 valence electrons. The Morgan fingerprint density at radius 3 is 2.27 bits per heavy atom. The predicted molar refractivity (Wildman–Crippen MR) is 139 cm³/mol. The van der Waals surface area contributed by atoms with Crippen molar-refractivity contribution in [3.05, 3.63) is 53.0 Å². The van der Waals surface area contributed by atoms with E-state index in [0.717, 1.165) is 23.1 Å². The van der Waals surface area contributed by atoms with Crippen LogP contribution in [-0.4, -0.2) is 71.6 Å². The van der Waals surface area contributed by atoms with Gasteiger partial charge in [0.25, 0.3) is 10.0 Å². The number of nitrogens with zero attached hydrogens (tertiary/aromatic N) is 3. The molecule has 1 heterocycles. The molecule has 0 saturated carbocycles. The number of halogens is 1. The van der Waals surface area contributed by atoms with Crippen LogP contribution in [0.25, 0.3) is 0 Å². The molecule has 33 heavy (non-hydrogen) atoms. The lowest BCUT2D eigenvalue weighted by Gasteiger charge is -2.20. The smallest absolute Gasteiger partial charge is 0.264 e. The summed E-state index contributed by atoms with van der Waals surface area (Å²) < 4.78 is 33.7. The number of unbranched alkanes of at least 4 members (excludes halogenated alkanes) is 3. The first-order chi connectivity index (χ1) is 15.8. The molecular formula is C25H36BrN3O3S. The van der Waals surface area contributed by atoms with Gasteiger partial charge in [0.1, 0.15) is 5.75 Å². The maximum atomic E-state index is 12.8. The van der Waals surface area contributed by atoms with Crippen molar-refractivity contribution in [3.63, 3.8) is 0 Å². The van der Waals surface area contributed by atoms with Gasteiger partial charge in [-0.2, -0.15) is 0 Å². The quantitative estimate of drug-likeness (QED) is 0.362. The lowest BCUT2D eigenvalue weighted by Crippen LogP contribution is -2.31. The van der Waals surface area contributed by atoms with Crippen LogP contribution in [0.2, 0.25) is 0 Å². The van der Waals surface area contributed by atoms with E-state index in [0.29, 0.717) is 18.3 Å². The Balaban J connectivity index is 1.35. The average Bonchev–Trinajstić information content (AvgIpc) is 3.28. The molecule has 1 aliphatic rings. The van der Waals surface area contributed by atoms with Crippen LogP contribution in [-0.2, 0) is 10.0 Å². The molecule has 0 N–H and O–H groups in total. The number of benzene rings is 2. The zero-order valence-electron chi connectivity index (χ0n) is 19.9. The largest absolute Gasteiger partial charge is 0.494 e. The summed E-state index contributed by atoms with van der Waals surface area (Å²) in [6, 6.07) is 14.6. The Morgan fingerprint density at radius 1 is 0.970 bits per heavy atom. The molecule has 1 unspecified atom stereocenters. The lowest BCUT2D eigenvalue weighted by molar-refractivity contribution is 0.263. The SMILES string of the molecule is CN(C)C1CCN(CCCCCCOc2ccc(N(C)S(=O)(=O)c3ccc(Br)cc3)cc2)C1. The number of anilines is 1. The standard InChI is InChI=1S/C25H36BrN3O3S/c1-27(2)23-16-18-29(20-23)17-6-4-5-7-19-32-24-12-10-22(11-13-24)28(3)33(30,31)25-14-8-21(26)9-15-25/h8-15,23H,4-7,16-20H2,1-3H3. The molecule has 0 aliphatic carbocycles. The number of rotatable bonds is 12. The van der Waals surface area contributed by atoms with E-state index in [4.69, 9.17) is 4.74 Å². The van der Waals surface area contributed by atoms with Gasteiger partial charge in [-0.05, 0) is 95.0 Å². The monoisotopic (exact) mass is 537 g/mol. The van der Waals surface area contributed by atoms with E-state index < -0.39 is 10.0 Å². The van der Waals surface area contributed by atoms with Gasteiger partial charge >= 0.3 is 0 Å². The molecule has 0 bridgehead atoms. The highest BCUT2D eigenvalue weighted by molar-refractivity contribution is 9.10. The summed E-state index contributed by atoms with van der Waals surface area (Å²) in [4.78, 5) is 5.18. The molecule has 1 aliphatic heterocycles. The summed E-state index contributed by atoms with van der Waals surface area (Å²) in [7, 11) is 2.31. The molecule has 2 aromatic rings. The molecule has 8 heteroatoms. The highest BCUT2D eigenvalue weighted by atomic mass is 79.9. The summed E-state index contributed by atoms with van der Waals surface area (Å²) in [5.74, 6) is 0.764. The third-order valence-corrected chi connectivity index (χ3v) is 8.62. The van der Waals surface area contributed by atoms with Gasteiger partial charge in [0.2, 0.25) is 0 Å². The summed E-state index contributed by atoms with van der Waals surface area (Å²) in [6.45, 7) is 4.30. The second kappa shape index (κ2) is 12.2. The van der Waals surface area contributed by atoms with Gasteiger partial charge in [-0.3, -0.25) is 4.31 Å². The van der Waals surface area contributed by atoms with Crippen LogP contribution in [0.3, 0.4) is 0 Å². The number of ether oxygens (including phenoxy) is 1. The molecular weight excluding hydrogens is 502 g/mol. The Hall–Kier alpha value is -1.61. The molecule has 6 nitrogen and oxygen atoms in total. The Morgan fingerprint density at radius 2 is 1.64 bits per heavy atom. The van der Waals surface area contributed by atoms with Crippen LogP contribution in [0.5, 0.6) is 5.75 Å². The fraction of sp³-hybridized carbons (Fsp3) is 0.520. The molecule has 1 saturated heterocycles. The molecule has 0 spiro atoms. The first-order valence-electron chi connectivity index (χ1n) is 11.6. The van der Waals surface area contributed by atoms with Crippen molar-refractivity contribution < 1.29 is 13.2 Å². The van der Waals surface area contributed by atoms with Crippen LogP contribution in [0, 0.1) is 0 Å². The minimum atomic E-state index is -3.60. The van der Waals surface area contributed by atoms with Crippen molar-refractivity contribution in [3.8, 4) is 5.75 Å². The summed E-state index contributed by atoms with van der Waals surface area (Å²) in [5.41, 5.74) is 0.601. The zero-order chi connectivity index (χ0) is 23.8. The average molecular weight is 539 g/mol. The number of likely N-dealkylation sites (N-methyl/N-ethyl adjacent to an activating group) is 1. The highest BCUT2D eigenvalue weighted by Gasteiger charge is 2.23. The van der Waals surface area contributed by atoms with Gasteiger partial charge in [-0.25, -0.2) is 8.42 Å². The van der Waals surface area contributed by atoms with Crippen molar-refractivity contribution >= 4 is 31.6 Å². The van der Waals surface area contributed by atoms with E-state index in [2.05, 4.69) is 39.8 Å². The molecule has 0 amide bonds. The maximum absolute atomic E-state index is 12.8. The van der Waals surface area contributed by atoms with Gasteiger partial charge in [0.15, 0.2) is 0 Å². The van der Waals surface area contributed by atoms with E-state index in [9.17, 15) is 8.42 Å². The minimum absolute atomic E-state index is 0.260. The van der Waals surface area contributed by atoms with E-state index in [-0.39, 0.29) is 4.90 Å². The number of likely N-dealkylation sites (tertiary alicyclic amines) is 1. The van der Waals surface area contributed by atoms with Gasteiger partial charge in [-0.1, -0.05) is 28.8 Å². The normalized spacial score (nSPS) is 16.9. The Kier molecular flexibility index (Phi) is 9.61. The van der Waals surface area contributed by atoms with Crippen molar-refractivity contribution in [2.75, 3.05) is 51.7 Å². The molecule has 3 rings (SSSR count). The second-order valence-corrected chi connectivity index (χ2v) is 11.8. The Bertz CT molecular complexity index is 965. The predicted octanol–water partition coefficient (Wildman–Crippen LogP) is 4.85. The number of sulfonamides is 1. The minimum Gasteiger partial charge on any atom is -0.494 e. The molecule has 1 fully saturated rings. The fourth-order valence-electron chi connectivity index (χ4n) is 4.07. The maximum Gasteiger partial charge on any atom is 0.264 e. The topological polar surface area (TPSA) is 53.1 Å². The van der Waals surface area contributed by atoms with E-state index in [1.807, 2.05) is 12.1 Å². The molecule has 0 aromatic heterocycles. The van der Waals surface area contributed by atoms with Gasteiger partial charge < -0.3 is 14.5 Å². The third kappa shape index (κ3) is 7.44. The second-order valence-electron chi connectivity index (χ2n) is 8.89. The van der Waals surface area contributed by atoms with E-state index >= 15 is 0 Å². The van der Waals surface area contributed by atoms with E-state index in [1.54, 1.807) is 43.4 Å². The van der Waals surface area contributed by atoms with E-state index in [1.165, 1.54) is 43.2 Å². The first kappa shape index (κ1) is 26.0. The highest BCUT2D eigenvalue weighted by Crippen LogP contribution is 2.25. The molecule has 2 aromatic carbocycles. The van der Waals surface area contributed by atoms with Crippen LogP contribution in [0.15, 0.2) is 57.9 Å². The van der Waals surface area contributed by atoms with Crippen LogP contribution < -0.4 is 9.04 Å².